The molecule has 4 N–H and O–H groups in total. The molecule has 0 amide bonds. The van der Waals surface area contributed by atoms with Gasteiger partial charge in [0.2, 0.25) is 0 Å². The number of hydrogen-bond donors (Lipinski definition) is 4. The van der Waals surface area contributed by atoms with Crippen LogP contribution in [0.1, 0.15) is 34.2 Å². The fourth-order valence-electron chi connectivity index (χ4n) is 3.69. The molecule has 11 nitrogen and oxygen atoms in total. The summed E-state index contributed by atoms with van der Waals surface area (Å²) in [6.07, 6.45) is 0. The highest BCUT2D eigenvalue weighted by molar-refractivity contribution is 5.69. The first-order valence-electron chi connectivity index (χ1n) is 9.28. The van der Waals surface area contributed by atoms with Crippen molar-refractivity contribution in [2.75, 3.05) is 7.11 Å². The molecule has 0 aliphatic carbocycles. The minimum Gasteiger partial charge on any atom is -0.496 e. The minimum atomic E-state index is -0.802. The van der Waals surface area contributed by atoms with Crippen LogP contribution in [0.2, 0.25) is 0 Å². The molecule has 0 aliphatic heterocycles. The van der Waals surface area contributed by atoms with E-state index in [4.69, 9.17) is 9.15 Å². The van der Waals surface area contributed by atoms with Crippen LogP contribution >= 0.6 is 0 Å². The lowest BCUT2D eigenvalue weighted by Gasteiger charge is -2.13. The van der Waals surface area contributed by atoms with Crippen molar-refractivity contribution in [1.29, 1.82) is 0 Å². The van der Waals surface area contributed by atoms with Gasteiger partial charge in [-0.2, -0.15) is 0 Å². The molecule has 0 spiro atoms. The second kappa shape index (κ2) is 7.52. The molecule has 3 aromatic heterocycles. The third-order valence-corrected chi connectivity index (χ3v) is 5.17. The number of nitro benzene ring substituents is 1. The van der Waals surface area contributed by atoms with Crippen LogP contribution in [-0.2, 0) is 0 Å². The Morgan fingerprint density at radius 1 is 0.968 bits per heavy atom. The topological polar surface area (TPSA) is 163 Å². The van der Waals surface area contributed by atoms with Crippen LogP contribution < -0.4 is 15.9 Å². The number of aryl methyl sites for hydroxylation is 2. The number of rotatable bonds is 6. The number of aromatic nitrogens is 4. The van der Waals surface area contributed by atoms with E-state index in [0.717, 1.165) is 0 Å². The summed E-state index contributed by atoms with van der Waals surface area (Å²) in [7, 11) is 1.45. The predicted molar refractivity (Wildman–Crippen MR) is 111 cm³/mol. The van der Waals surface area contributed by atoms with Crippen LogP contribution in [0.15, 0.2) is 44.3 Å². The molecule has 0 unspecified atom stereocenters. The number of nitro groups is 1. The zero-order valence-electron chi connectivity index (χ0n) is 16.9. The zero-order valence-corrected chi connectivity index (χ0v) is 16.9. The zero-order chi connectivity index (χ0) is 22.3. The largest absolute Gasteiger partial charge is 0.496 e. The quantitative estimate of drug-likeness (QED) is 0.274. The molecule has 4 rings (SSSR count). The van der Waals surface area contributed by atoms with Gasteiger partial charge in [-0.1, -0.05) is 0 Å². The third kappa shape index (κ3) is 3.35. The van der Waals surface area contributed by atoms with Gasteiger partial charge in [-0.05, 0) is 32.0 Å². The van der Waals surface area contributed by atoms with Gasteiger partial charge < -0.3 is 19.4 Å². The summed E-state index contributed by atoms with van der Waals surface area (Å²) >= 11 is 0. The Hall–Kier alpha value is -4.28. The maximum Gasteiger partial charge on any atom is 0.270 e. The summed E-state index contributed by atoms with van der Waals surface area (Å²) in [6.45, 7) is 3.42. The van der Waals surface area contributed by atoms with Gasteiger partial charge in [0.25, 0.3) is 16.8 Å². The summed E-state index contributed by atoms with van der Waals surface area (Å²) in [5.41, 5.74) is 1.27. The van der Waals surface area contributed by atoms with Gasteiger partial charge in [0.1, 0.15) is 17.3 Å². The molecular weight excluding hydrogens is 406 g/mol. The number of H-pyrrole nitrogens is 4. The Kier molecular flexibility index (Phi) is 4.85. The maximum atomic E-state index is 12.5. The molecule has 0 saturated heterocycles. The van der Waals surface area contributed by atoms with E-state index in [2.05, 4.69) is 20.4 Å². The first kappa shape index (κ1) is 20.0. The van der Waals surface area contributed by atoms with Crippen LogP contribution in [-0.4, -0.2) is 32.4 Å². The standard InChI is InChI=1S/C20H19N5O6/c1-9-16(19(26)23-21-9)18(17-10(2)22-24-20(17)27)15-7-6-14(31-15)12-8-11(25(28)29)4-5-13(12)30-3/h4-8,18H,1-3H3,(H2,21,23,26)(H2,22,24,27). The first-order chi connectivity index (χ1) is 14.8. The molecule has 0 fully saturated rings. The molecule has 0 bridgehead atoms. The average Bonchev–Trinajstić information content (AvgIpc) is 3.45. The second-order valence-electron chi connectivity index (χ2n) is 7.01. The molecular formula is C20H19N5O6. The van der Waals surface area contributed by atoms with E-state index in [1.54, 1.807) is 26.0 Å². The van der Waals surface area contributed by atoms with Crippen molar-refractivity contribution < 1.29 is 14.1 Å². The smallest absolute Gasteiger partial charge is 0.270 e. The number of non-ortho nitro benzene ring substituents is 1. The van der Waals surface area contributed by atoms with Gasteiger partial charge >= 0.3 is 0 Å². The van der Waals surface area contributed by atoms with Crippen molar-refractivity contribution >= 4 is 5.69 Å². The lowest BCUT2D eigenvalue weighted by Crippen LogP contribution is -2.19. The van der Waals surface area contributed by atoms with Gasteiger partial charge in [-0.15, -0.1) is 0 Å². The van der Waals surface area contributed by atoms with Crippen LogP contribution in [0.3, 0.4) is 0 Å². The molecule has 31 heavy (non-hydrogen) atoms. The van der Waals surface area contributed by atoms with E-state index < -0.39 is 10.8 Å². The number of aromatic amines is 4. The van der Waals surface area contributed by atoms with E-state index in [-0.39, 0.29) is 16.8 Å². The van der Waals surface area contributed by atoms with Crippen molar-refractivity contribution in [2.45, 2.75) is 19.8 Å². The summed E-state index contributed by atoms with van der Waals surface area (Å²) in [5, 5.41) is 21.8. The Morgan fingerprint density at radius 3 is 2.06 bits per heavy atom. The maximum absolute atomic E-state index is 12.5. The number of benzene rings is 1. The summed E-state index contributed by atoms with van der Waals surface area (Å²) in [6, 6.07) is 7.42. The van der Waals surface area contributed by atoms with Crippen LogP contribution in [0.25, 0.3) is 11.3 Å². The minimum absolute atomic E-state index is 0.124. The van der Waals surface area contributed by atoms with Crippen molar-refractivity contribution in [3.8, 4) is 17.1 Å². The highest BCUT2D eigenvalue weighted by Gasteiger charge is 2.31. The van der Waals surface area contributed by atoms with Crippen molar-refractivity contribution in [3.63, 3.8) is 0 Å². The number of furan rings is 1. The monoisotopic (exact) mass is 425 g/mol. The molecule has 0 aliphatic rings. The Morgan fingerprint density at radius 2 is 1.58 bits per heavy atom. The number of ether oxygens (including phenoxy) is 1. The molecule has 160 valence electrons. The van der Waals surface area contributed by atoms with Gasteiger partial charge in [-0.25, -0.2) is 0 Å². The van der Waals surface area contributed by atoms with Gasteiger partial charge in [0.05, 0.1) is 34.6 Å². The SMILES string of the molecule is COc1ccc([N+](=O)[O-])cc1-c1ccc(C(c2c(C)[nH][nH]c2=O)c2c(C)[nH][nH]c2=O)o1. The van der Waals surface area contributed by atoms with Gasteiger partial charge in [0.15, 0.2) is 0 Å². The summed E-state index contributed by atoms with van der Waals surface area (Å²) < 4.78 is 11.4. The Bertz CT molecular complexity index is 1330. The fraction of sp³-hybridized carbons (Fsp3) is 0.200. The number of nitrogens with zero attached hydrogens (tertiary/aromatic N) is 1. The van der Waals surface area contributed by atoms with Gasteiger partial charge in [0, 0.05) is 23.5 Å². The highest BCUT2D eigenvalue weighted by Crippen LogP contribution is 2.38. The average molecular weight is 425 g/mol. The lowest BCUT2D eigenvalue weighted by atomic mass is 9.89. The summed E-state index contributed by atoms with van der Waals surface area (Å²) in [5.74, 6) is 0.206. The van der Waals surface area contributed by atoms with Crippen molar-refractivity contribution in [2.24, 2.45) is 0 Å². The molecule has 1 aromatic carbocycles. The molecule has 11 heteroatoms. The summed E-state index contributed by atoms with van der Waals surface area (Å²) in [4.78, 5) is 35.7. The fourth-order valence-corrected chi connectivity index (χ4v) is 3.69. The van der Waals surface area contributed by atoms with Crippen molar-refractivity contribution in [3.05, 3.63) is 89.4 Å². The molecule has 0 atom stereocenters. The van der Waals surface area contributed by atoms with E-state index in [1.165, 1.54) is 25.3 Å². The van der Waals surface area contributed by atoms with Crippen LogP contribution in [0.5, 0.6) is 5.75 Å². The van der Waals surface area contributed by atoms with Gasteiger partial charge in [-0.3, -0.25) is 29.9 Å². The lowest BCUT2D eigenvalue weighted by molar-refractivity contribution is -0.384. The van der Waals surface area contributed by atoms with Crippen LogP contribution in [0, 0.1) is 24.0 Å². The van der Waals surface area contributed by atoms with E-state index >= 15 is 0 Å². The molecule has 0 radical (unpaired) electrons. The van der Waals surface area contributed by atoms with E-state index in [0.29, 0.717) is 45.3 Å². The second-order valence-corrected chi connectivity index (χ2v) is 7.01. The molecule has 0 saturated carbocycles. The normalized spacial score (nSPS) is 11.2. The third-order valence-electron chi connectivity index (χ3n) is 5.17. The number of nitrogens with one attached hydrogen (secondary N) is 4. The Labute approximate surface area is 174 Å². The number of methoxy groups -OCH3 is 1. The number of hydrogen-bond acceptors (Lipinski definition) is 6. The molecule has 3 heterocycles. The first-order valence-corrected chi connectivity index (χ1v) is 9.28. The Balaban J connectivity index is 1.91. The molecule has 4 aromatic rings. The highest BCUT2D eigenvalue weighted by atomic mass is 16.6. The predicted octanol–water partition coefficient (Wildman–Crippen LogP) is 2.69. The van der Waals surface area contributed by atoms with Crippen molar-refractivity contribution in [1.82, 2.24) is 20.4 Å². The van der Waals surface area contributed by atoms with E-state index in [9.17, 15) is 19.7 Å². The van der Waals surface area contributed by atoms with E-state index in [1.807, 2.05) is 0 Å². The van der Waals surface area contributed by atoms with Crippen LogP contribution in [0.4, 0.5) is 5.69 Å².